The summed E-state index contributed by atoms with van der Waals surface area (Å²) < 4.78 is 5.22. The van der Waals surface area contributed by atoms with Gasteiger partial charge in [0.1, 0.15) is 5.75 Å². The second-order valence-electron chi connectivity index (χ2n) is 4.91. The molecule has 2 aromatic carbocycles. The molecule has 0 spiro atoms. The van der Waals surface area contributed by atoms with Crippen molar-refractivity contribution in [2.45, 2.75) is 12.8 Å². The van der Waals surface area contributed by atoms with E-state index in [1.807, 2.05) is 30.3 Å². The molecule has 24 heavy (non-hydrogen) atoms. The SMILES string of the molecule is O=C(COc1ccc([N+](=O)[O-])cc1)N/N=C/CCc1ccccc1. The molecule has 0 aliphatic heterocycles. The van der Waals surface area contributed by atoms with Gasteiger partial charge in [0.2, 0.25) is 0 Å². The van der Waals surface area contributed by atoms with Gasteiger partial charge in [0.05, 0.1) is 4.92 Å². The van der Waals surface area contributed by atoms with E-state index in [9.17, 15) is 14.9 Å². The average molecular weight is 327 g/mol. The molecule has 0 saturated heterocycles. The first kappa shape index (κ1) is 17.1. The van der Waals surface area contributed by atoms with Crippen molar-refractivity contribution in [3.8, 4) is 5.75 Å². The second-order valence-corrected chi connectivity index (χ2v) is 4.91. The number of rotatable bonds is 8. The summed E-state index contributed by atoms with van der Waals surface area (Å²) in [6.07, 6.45) is 3.20. The summed E-state index contributed by atoms with van der Waals surface area (Å²) in [4.78, 5) is 21.6. The van der Waals surface area contributed by atoms with E-state index in [0.29, 0.717) is 12.2 Å². The van der Waals surface area contributed by atoms with Crippen molar-refractivity contribution >= 4 is 17.8 Å². The third kappa shape index (κ3) is 5.88. The molecule has 124 valence electrons. The minimum absolute atomic E-state index is 0.0326. The van der Waals surface area contributed by atoms with Gasteiger partial charge in [0, 0.05) is 18.3 Å². The predicted molar refractivity (Wildman–Crippen MR) is 90.0 cm³/mol. The number of nitro groups is 1. The first-order chi connectivity index (χ1) is 11.6. The number of hydrazone groups is 1. The summed E-state index contributed by atoms with van der Waals surface area (Å²) >= 11 is 0. The zero-order valence-electron chi connectivity index (χ0n) is 12.9. The van der Waals surface area contributed by atoms with E-state index in [4.69, 9.17) is 4.74 Å². The van der Waals surface area contributed by atoms with Crippen LogP contribution in [0.3, 0.4) is 0 Å². The third-order valence-electron chi connectivity index (χ3n) is 3.10. The van der Waals surface area contributed by atoms with Crippen LogP contribution in [0.2, 0.25) is 0 Å². The maximum atomic E-state index is 11.6. The van der Waals surface area contributed by atoms with E-state index in [1.54, 1.807) is 6.21 Å². The van der Waals surface area contributed by atoms with Gasteiger partial charge in [-0.3, -0.25) is 14.9 Å². The normalized spacial score (nSPS) is 10.5. The van der Waals surface area contributed by atoms with Crippen LogP contribution in [0.4, 0.5) is 5.69 Å². The summed E-state index contributed by atoms with van der Waals surface area (Å²) in [5.41, 5.74) is 3.54. The Kier molecular flexibility index (Phi) is 6.46. The lowest BCUT2D eigenvalue weighted by Crippen LogP contribution is -2.24. The molecule has 0 aliphatic carbocycles. The number of nitro benzene ring substituents is 1. The highest BCUT2D eigenvalue weighted by molar-refractivity contribution is 5.78. The van der Waals surface area contributed by atoms with Gasteiger partial charge in [-0.2, -0.15) is 5.10 Å². The Balaban J connectivity index is 1.66. The Morgan fingerprint density at radius 1 is 1.17 bits per heavy atom. The molecule has 1 amide bonds. The Morgan fingerprint density at radius 2 is 1.88 bits per heavy atom. The van der Waals surface area contributed by atoms with Crippen LogP contribution in [-0.2, 0) is 11.2 Å². The molecule has 0 saturated carbocycles. The van der Waals surface area contributed by atoms with E-state index in [0.717, 1.165) is 6.42 Å². The van der Waals surface area contributed by atoms with Crippen molar-refractivity contribution in [1.82, 2.24) is 5.43 Å². The maximum Gasteiger partial charge on any atom is 0.277 e. The molecule has 7 heteroatoms. The number of nitrogens with zero attached hydrogens (tertiary/aromatic N) is 2. The van der Waals surface area contributed by atoms with E-state index in [2.05, 4.69) is 10.5 Å². The van der Waals surface area contributed by atoms with Crippen molar-refractivity contribution in [3.05, 3.63) is 70.3 Å². The quantitative estimate of drug-likeness (QED) is 0.458. The second kappa shape index (κ2) is 9.04. The lowest BCUT2D eigenvalue weighted by atomic mass is 10.1. The molecule has 0 heterocycles. The molecular weight excluding hydrogens is 310 g/mol. The number of nitrogens with one attached hydrogen (secondary N) is 1. The molecule has 1 N–H and O–H groups in total. The number of aryl methyl sites for hydroxylation is 1. The third-order valence-corrected chi connectivity index (χ3v) is 3.10. The molecule has 0 aliphatic rings. The number of amides is 1. The fourth-order valence-electron chi connectivity index (χ4n) is 1.90. The molecule has 0 unspecified atom stereocenters. The maximum absolute atomic E-state index is 11.6. The lowest BCUT2D eigenvalue weighted by Gasteiger charge is -2.04. The molecule has 0 bridgehead atoms. The molecule has 0 atom stereocenters. The minimum atomic E-state index is -0.499. The van der Waals surface area contributed by atoms with Crippen LogP contribution >= 0.6 is 0 Å². The van der Waals surface area contributed by atoms with Gasteiger partial charge in [0.25, 0.3) is 11.6 Å². The van der Waals surface area contributed by atoms with E-state index in [-0.39, 0.29) is 12.3 Å². The zero-order valence-corrected chi connectivity index (χ0v) is 12.9. The largest absolute Gasteiger partial charge is 0.484 e. The Morgan fingerprint density at radius 3 is 2.54 bits per heavy atom. The molecule has 0 aromatic heterocycles. The van der Waals surface area contributed by atoms with Crippen LogP contribution in [0, 0.1) is 10.1 Å². The monoisotopic (exact) mass is 327 g/mol. The first-order valence-electron chi connectivity index (χ1n) is 7.36. The average Bonchev–Trinajstić information content (AvgIpc) is 2.61. The highest BCUT2D eigenvalue weighted by Gasteiger charge is 2.05. The molecule has 2 aromatic rings. The van der Waals surface area contributed by atoms with Gasteiger partial charge in [-0.25, -0.2) is 5.43 Å². The highest BCUT2D eigenvalue weighted by Crippen LogP contribution is 2.16. The highest BCUT2D eigenvalue weighted by atomic mass is 16.6. The molecule has 2 rings (SSSR count). The van der Waals surface area contributed by atoms with Gasteiger partial charge in [-0.1, -0.05) is 30.3 Å². The van der Waals surface area contributed by atoms with Gasteiger partial charge < -0.3 is 4.74 Å². The fourth-order valence-corrected chi connectivity index (χ4v) is 1.90. The number of ether oxygens (including phenoxy) is 1. The molecule has 0 radical (unpaired) electrons. The summed E-state index contributed by atoms with van der Waals surface area (Å²) in [6.45, 7) is -0.214. The topological polar surface area (TPSA) is 93.8 Å². The molecule has 7 nitrogen and oxygen atoms in total. The zero-order chi connectivity index (χ0) is 17.2. The van der Waals surface area contributed by atoms with Crippen molar-refractivity contribution in [2.75, 3.05) is 6.61 Å². The smallest absolute Gasteiger partial charge is 0.277 e. The Hall–Kier alpha value is -3.22. The van der Waals surface area contributed by atoms with E-state index >= 15 is 0 Å². The lowest BCUT2D eigenvalue weighted by molar-refractivity contribution is -0.384. The number of benzene rings is 2. The van der Waals surface area contributed by atoms with Gasteiger partial charge >= 0.3 is 0 Å². The van der Waals surface area contributed by atoms with Gasteiger partial charge in [-0.05, 0) is 30.5 Å². The van der Waals surface area contributed by atoms with Gasteiger partial charge in [-0.15, -0.1) is 0 Å². The van der Waals surface area contributed by atoms with Crippen LogP contribution in [0.1, 0.15) is 12.0 Å². The standard InChI is InChI=1S/C17H17N3O4/c21-17(13-24-16-10-8-15(9-11-16)20(22)23)19-18-12-4-7-14-5-2-1-3-6-14/h1-3,5-6,8-12H,4,7,13H2,(H,19,21)/b18-12+. The van der Waals surface area contributed by atoms with Crippen molar-refractivity contribution < 1.29 is 14.5 Å². The van der Waals surface area contributed by atoms with Crippen molar-refractivity contribution in [2.24, 2.45) is 5.10 Å². The van der Waals surface area contributed by atoms with E-state index in [1.165, 1.54) is 29.8 Å². The van der Waals surface area contributed by atoms with Gasteiger partial charge in [0.15, 0.2) is 6.61 Å². The number of hydrogen-bond donors (Lipinski definition) is 1. The number of hydrogen-bond acceptors (Lipinski definition) is 5. The fraction of sp³-hybridized carbons (Fsp3) is 0.176. The molecular formula is C17H17N3O4. The summed E-state index contributed by atoms with van der Waals surface area (Å²) in [5.74, 6) is -0.0203. The minimum Gasteiger partial charge on any atom is -0.484 e. The predicted octanol–water partition coefficient (Wildman–Crippen LogP) is 2.71. The van der Waals surface area contributed by atoms with Crippen LogP contribution < -0.4 is 10.2 Å². The van der Waals surface area contributed by atoms with Crippen LogP contribution in [0.25, 0.3) is 0 Å². The van der Waals surface area contributed by atoms with E-state index < -0.39 is 10.8 Å². The van der Waals surface area contributed by atoms with Crippen LogP contribution in [0.5, 0.6) is 5.75 Å². The number of carbonyl (C=O) groups is 1. The molecule has 0 fully saturated rings. The Labute approximate surface area is 139 Å². The van der Waals surface area contributed by atoms with Crippen LogP contribution in [-0.4, -0.2) is 23.7 Å². The summed E-state index contributed by atoms with van der Waals surface area (Å²) in [6, 6.07) is 15.5. The summed E-state index contributed by atoms with van der Waals surface area (Å²) in [7, 11) is 0. The van der Waals surface area contributed by atoms with Crippen molar-refractivity contribution in [3.63, 3.8) is 0 Å². The Bertz CT molecular complexity index is 700. The first-order valence-corrected chi connectivity index (χ1v) is 7.36. The number of non-ortho nitro benzene ring substituents is 1. The summed E-state index contributed by atoms with van der Waals surface area (Å²) in [5, 5.41) is 14.4. The van der Waals surface area contributed by atoms with Crippen molar-refractivity contribution in [1.29, 1.82) is 0 Å². The van der Waals surface area contributed by atoms with Crippen LogP contribution in [0.15, 0.2) is 59.7 Å². The number of carbonyl (C=O) groups excluding carboxylic acids is 1.